The molecule has 1 amide bonds. The van der Waals surface area contributed by atoms with Gasteiger partial charge in [0.2, 0.25) is 0 Å². The van der Waals surface area contributed by atoms with Crippen LogP contribution in [0.2, 0.25) is 0 Å². The molecule has 9 heteroatoms. The van der Waals surface area contributed by atoms with Gasteiger partial charge in [-0.3, -0.25) is 23.9 Å². The van der Waals surface area contributed by atoms with E-state index in [2.05, 4.69) is 26.9 Å². The van der Waals surface area contributed by atoms with E-state index in [1.807, 2.05) is 27.7 Å². The predicted octanol–water partition coefficient (Wildman–Crippen LogP) is 2.96. The molecule has 0 bridgehead atoms. The van der Waals surface area contributed by atoms with Gasteiger partial charge in [0.25, 0.3) is 5.91 Å². The molecule has 2 rings (SSSR count). The number of rotatable bonds is 5. The summed E-state index contributed by atoms with van der Waals surface area (Å²) in [5, 5.41) is 3.16. The summed E-state index contributed by atoms with van der Waals surface area (Å²) < 4.78 is 11.5. The first-order valence-electron chi connectivity index (χ1n) is 8.66. The molecule has 7 nitrogen and oxygen atoms in total. The number of pyridine rings is 1. The minimum Gasteiger partial charge on any atom is -0.333 e. The van der Waals surface area contributed by atoms with Gasteiger partial charge in [-0.2, -0.15) is 0 Å². The van der Waals surface area contributed by atoms with Gasteiger partial charge in [0, 0.05) is 18.5 Å². The van der Waals surface area contributed by atoms with E-state index in [1.54, 1.807) is 29.5 Å². The molecule has 1 N–H and O–H groups in total. The lowest BCUT2D eigenvalue weighted by Crippen LogP contribution is -2.57. The Balaban J connectivity index is 2.39. The van der Waals surface area contributed by atoms with E-state index < -0.39 is 10.8 Å². The normalized spacial score (nSPS) is 18.6. The summed E-state index contributed by atoms with van der Waals surface area (Å²) in [5.41, 5.74) is 2.26. The topological polar surface area (TPSA) is 87.0 Å². The third kappa shape index (κ3) is 5.14. The summed E-state index contributed by atoms with van der Waals surface area (Å²) in [6, 6.07) is 3.34. The minimum atomic E-state index is -1.09. The Bertz CT molecular complexity index is 899. The first-order chi connectivity index (χ1) is 13.1. The summed E-state index contributed by atoms with van der Waals surface area (Å²) in [7, 11) is -1.09. The van der Waals surface area contributed by atoms with Crippen molar-refractivity contribution >= 4 is 40.0 Å². The monoisotopic (exact) mass is 421 g/mol. The summed E-state index contributed by atoms with van der Waals surface area (Å²) in [4.78, 5) is 28.1. The van der Waals surface area contributed by atoms with Gasteiger partial charge in [0.05, 0.1) is 33.6 Å². The number of allylic oxidation sites excluding steroid dienone is 1. The van der Waals surface area contributed by atoms with Gasteiger partial charge < -0.3 is 5.32 Å². The minimum absolute atomic E-state index is 0.0898. The van der Waals surface area contributed by atoms with Gasteiger partial charge >= 0.3 is 0 Å². The lowest BCUT2D eigenvalue weighted by Gasteiger charge is -2.35. The number of nitrogens with one attached hydrogen (secondary N) is 1. The molecule has 0 aliphatic carbocycles. The van der Waals surface area contributed by atoms with Crippen LogP contribution in [0.4, 0.5) is 0 Å². The molecule has 1 aromatic heterocycles. The van der Waals surface area contributed by atoms with Crippen LogP contribution in [0.3, 0.4) is 0 Å². The number of hydrogen-bond acceptors (Lipinski definition) is 5. The highest BCUT2D eigenvalue weighted by molar-refractivity contribution is 7.84. The summed E-state index contributed by atoms with van der Waals surface area (Å²) >= 11 is 5.88. The highest BCUT2D eigenvalue weighted by atomic mass is 35.5. The zero-order chi connectivity index (χ0) is 21.0. The summed E-state index contributed by atoms with van der Waals surface area (Å²) in [5.74, 6) is 0.323. The molecule has 0 spiro atoms. The maximum Gasteiger partial charge on any atom is 0.295 e. The smallest absolute Gasteiger partial charge is 0.295 e. The van der Waals surface area contributed by atoms with Crippen molar-refractivity contribution in [2.24, 2.45) is 9.98 Å². The second-order valence-corrected chi connectivity index (χ2v) is 8.50. The van der Waals surface area contributed by atoms with E-state index in [4.69, 9.17) is 11.6 Å². The molecule has 0 saturated carbocycles. The number of carbonyl (C=O) groups is 1. The highest BCUT2D eigenvalue weighted by Crippen LogP contribution is 2.19. The molecule has 1 unspecified atom stereocenters. The van der Waals surface area contributed by atoms with Gasteiger partial charge in [-0.25, -0.2) is 4.99 Å². The molecule has 1 fully saturated rings. The second-order valence-electron chi connectivity index (χ2n) is 6.68. The SMILES string of the molecule is C=C(Cl)N=C1C(=C(C)C)NC(=NCc2ccc(S(C)=O)cn2)C(=O)N1C(C)C. The molecule has 1 atom stereocenters. The molecule has 0 aromatic carbocycles. The van der Waals surface area contributed by atoms with Crippen molar-refractivity contribution in [1.82, 2.24) is 15.2 Å². The second kappa shape index (κ2) is 9.25. The van der Waals surface area contributed by atoms with Gasteiger partial charge in [0.15, 0.2) is 11.7 Å². The fourth-order valence-electron chi connectivity index (χ4n) is 2.55. The molecule has 0 radical (unpaired) electrons. The van der Waals surface area contributed by atoms with E-state index in [0.717, 1.165) is 5.57 Å². The standard InChI is InChI=1S/C19H24ClN5O2S/c1-11(2)16-18(23-13(5)20)25(12(3)4)19(26)17(24-16)22-9-14-7-8-15(10-21-14)28(6)27/h7-8,10,12H,5,9H2,1-4,6H3,(H,22,24). The van der Waals surface area contributed by atoms with E-state index in [1.165, 1.54) is 0 Å². The van der Waals surface area contributed by atoms with Crippen molar-refractivity contribution in [2.75, 3.05) is 6.26 Å². The van der Waals surface area contributed by atoms with Gasteiger partial charge in [0.1, 0.15) is 5.16 Å². The Labute approximate surface area is 172 Å². The van der Waals surface area contributed by atoms with Crippen LogP contribution in [0.5, 0.6) is 0 Å². The maximum atomic E-state index is 13.0. The lowest BCUT2D eigenvalue weighted by atomic mass is 10.1. The van der Waals surface area contributed by atoms with Gasteiger partial charge in [-0.15, -0.1) is 0 Å². The van der Waals surface area contributed by atoms with Crippen LogP contribution >= 0.6 is 11.6 Å². The molecule has 1 aliphatic rings. The van der Waals surface area contributed by atoms with Crippen LogP contribution in [0.25, 0.3) is 0 Å². The predicted molar refractivity (Wildman–Crippen MR) is 114 cm³/mol. The van der Waals surface area contributed by atoms with Crippen LogP contribution in [0.1, 0.15) is 33.4 Å². The Hall–Kier alpha value is -2.32. The van der Waals surface area contributed by atoms with Crippen LogP contribution in [-0.4, -0.2) is 44.0 Å². The largest absolute Gasteiger partial charge is 0.333 e. The number of amidine groups is 2. The van der Waals surface area contributed by atoms with Crippen molar-refractivity contribution in [3.05, 3.63) is 47.0 Å². The molecular formula is C19H24ClN5O2S. The number of hydrogen-bond donors (Lipinski definition) is 1. The van der Waals surface area contributed by atoms with E-state index in [9.17, 15) is 9.00 Å². The fourth-order valence-corrected chi connectivity index (χ4v) is 3.09. The summed E-state index contributed by atoms with van der Waals surface area (Å²) in [6.45, 7) is 11.4. The fraction of sp³-hybridized carbons (Fsp3) is 0.368. The maximum absolute atomic E-state index is 13.0. The average Bonchev–Trinajstić information content (AvgIpc) is 2.60. The van der Waals surface area contributed by atoms with Crippen molar-refractivity contribution in [1.29, 1.82) is 0 Å². The van der Waals surface area contributed by atoms with Gasteiger partial charge in [-0.1, -0.05) is 18.2 Å². The lowest BCUT2D eigenvalue weighted by molar-refractivity contribution is -0.122. The van der Waals surface area contributed by atoms with E-state index in [0.29, 0.717) is 22.1 Å². The molecule has 1 saturated heterocycles. The first kappa shape index (κ1) is 22.0. The molecule has 150 valence electrons. The van der Waals surface area contributed by atoms with Crippen molar-refractivity contribution in [3.8, 4) is 0 Å². The Morgan fingerprint density at radius 1 is 1.39 bits per heavy atom. The Morgan fingerprint density at radius 3 is 2.54 bits per heavy atom. The third-order valence-corrected chi connectivity index (χ3v) is 4.88. The van der Waals surface area contributed by atoms with Crippen LogP contribution in [0, 0.1) is 0 Å². The van der Waals surface area contributed by atoms with Gasteiger partial charge in [-0.05, 0) is 45.4 Å². The molecular weight excluding hydrogens is 398 g/mol. The van der Waals surface area contributed by atoms with Crippen molar-refractivity contribution in [2.45, 2.75) is 45.2 Å². The Morgan fingerprint density at radius 2 is 2.07 bits per heavy atom. The summed E-state index contributed by atoms with van der Waals surface area (Å²) in [6.07, 6.45) is 3.15. The number of aliphatic imine (C=N–C) groups is 2. The van der Waals surface area contributed by atoms with E-state index >= 15 is 0 Å². The number of nitrogens with zero attached hydrogens (tertiary/aromatic N) is 4. The number of piperazine rings is 1. The van der Waals surface area contributed by atoms with E-state index in [-0.39, 0.29) is 29.5 Å². The molecule has 28 heavy (non-hydrogen) atoms. The number of amides is 1. The van der Waals surface area contributed by atoms with Crippen molar-refractivity contribution < 1.29 is 9.00 Å². The zero-order valence-electron chi connectivity index (χ0n) is 16.6. The average molecular weight is 422 g/mol. The van der Waals surface area contributed by atoms with Crippen LogP contribution in [0.15, 0.2) is 56.2 Å². The van der Waals surface area contributed by atoms with Crippen LogP contribution in [-0.2, 0) is 22.1 Å². The van der Waals surface area contributed by atoms with Crippen molar-refractivity contribution in [3.63, 3.8) is 0 Å². The molecule has 1 aromatic rings. The Kier molecular flexibility index (Phi) is 7.26. The number of carbonyl (C=O) groups excluding carboxylic acids is 1. The highest BCUT2D eigenvalue weighted by Gasteiger charge is 2.35. The molecule has 1 aliphatic heterocycles. The first-order valence-corrected chi connectivity index (χ1v) is 10.6. The van der Waals surface area contributed by atoms with Crippen LogP contribution < -0.4 is 5.32 Å². The number of halogens is 1. The quantitative estimate of drug-likeness (QED) is 0.740. The zero-order valence-corrected chi connectivity index (χ0v) is 18.2. The third-order valence-electron chi connectivity index (χ3n) is 3.89. The molecule has 2 heterocycles. The number of aromatic nitrogens is 1.